The average Bonchev–Trinajstić information content (AvgIpc) is 3.15. The summed E-state index contributed by atoms with van der Waals surface area (Å²) in [5.41, 5.74) is 1.23. The van der Waals surface area contributed by atoms with E-state index in [9.17, 15) is 4.79 Å². The normalized spacial score (nSPS) is 15.2. The number of rotatable bonds is 9. The van der Waals surface area contributed by atoms with Gasteiger partial charge >= 0.3 is 0 Å². The van der Waals surface area contributed by atoms with Crippen LogP contribution in [0, 0.1) is 5.92 Å². The lowest BCUT2D eigenvalue weighted by Gasteiger charge is -2.13. The lowest BCUT2D eigenvalue weighted by molar-refractivity contribution is -0.119. The number of hydrogen-bond donors (Lipinski definition) is 3. The zero-order chi connectivity index (χ0) is 17.7. The Balaban J connectivity index is 1.52. The SMILES string of the molecule is CN=C(NCCCC1CCCC1)NCC(=O)NCCc1ccccc1. The maximum atomic E-state index is 11.9. The molecule has 1 saturated carbocycles. The largest absolute Gasteiger partial charge is 0.356 e. The minimum absolute atomic E-state index is 0.00941. The Hall–Kier alpha value is -2.04. The summed E-state index contributed by atoms with van der Waals surface area (Å²) in [7, 11) is 1.74. The van der Waals surface area contributed by atoms with Gasteiger partial charge in [-0.15, -0.1) is 0 Å². The number of hydrogen-bond acceptors (Lipinski definition) is 2. The number of nitrogens with one attached hydrogen (secondary N) is 3. The van der Waals surface area contributed by atoms with Crippen LogP contribution < -0.4 is 16.0 Å². The monoisotopic (exact) mass is 344 g/mol. The quantitative estimate of drug-likeness (QED) is 0.366. The second-order valence-corrected chi connectivity index (χ2v) is 6.73. The highest BCUT2D eigenvalue weighted by Gasteiger charge is 2.14. The number of guanidine groups is 1. The number of nitrogens with zero attached hydrogens (tertiary/aromatic N) is 1. The summed E-state index contributed by atoms with van der Waals surface area (Å²) in [6.07, 6.45) is 8.91. The first-order chi connectivity index (χ1) is 12.3. The number of benzene rings is 1. The minimum Gasteiger partial charge on any atom is -0.356 e. The second kappa shape index (κ2) is 11.5. The van der Waals surface area contributed by atoms with Gasteiger partial charge in [0.25, 0.3) is 0 Å². The van der Waals surface area contributed by atoms with Crippen molar-refractivity contribution in [3.8, 4) is 0 Å². The molecule has 138 valence electrons. The van der Waals surface area contributed by atoms with Gasteiger partial charge < -0.3 is 16.0 Å². The van der Waals surface area contributed by atoms with E-state index in [0.29, 0.717) is 12.5 Å². The fourth-order valence-electron chi connectivity index (χ4n) is 3.33. The molecule has 0 spiro atoms. The first-order valence-corrected chi connectivity index (χ1v) is 9.53. The van der Waals surface area contributed by atoms with Crippen LogP contribution in [0.1, 0.15) is 44.1 Å². The van der Waals surface area contributed by atoms with Crippen LogP contribution in [0.2, 0.25) is 0 Å². The summed E-state index contributed by atoms with van der Waals surface area (Å²) in [6, 6.07) is 10.2. The number of aliphatic imine (C=N–C) groups is 1. The molecule has 0 aromatic heterocycles. The van der Waals surface area contributed by atoms with Crippen molar-refractivity contribution in [3.05, 3.63) is 35.9 Å². The molecule has 1 aromatic rings. The maximum absolute atomic E-state index is 11.9. The molecule has 0 aliphatic heterocycles. The van der Waals surface area contributed by atoms with Crippen molar-refractivity contribution in [2.24, 2.45) is 10.9 Å². The summed E-state index contributed by atoms with van der Waals surface area (Å²) in [6.45, 7) is 1.81. The molecule has 0 unspecified atom stereocenters. The lowest BCUT2D eigenvalue weighted by Crippen LogP contribution is -2.43. The van der Waals surface area contributed by atoms with Crippen LogP contribution >= 0.6 is 0 Å². The Morgan fingerprint density at radius 3 is 2.56 bits per heavy atom. The van der Waals surface area contributed by atoms with Crippen molar-refractivity contribution in [2.75, 3.05) is 26.7 Å². The third kappa shape index (κ3) is 8.05. The van der Waals surface area contributed by atoms with Crippen LogP contribution in [-0.4, -0.2) is 38.5 Å². The van der Waals surface area contributed by atoms with Crippen LogP contribution in [-0.2, 0) is 11.2 Å². The smallest absolute Gasteiger partial charge is 0.239 e. The average molecular weight is 345 g/mol. The molecule has 25 heavy (non-hydrogen) atoms. The topological polar surface area (TPSA) is 65.5 Å². The Kier molecular flexibility index (Phi) is 8.87. The van der Waals surface area contributed by atoms with Gasteiger partial charge in [0.05, 0.1) is 6.54 Å². The molecule has 2 rings (SSSR count). The van der Waals surface area contributed by atoms with E-state index < -0.39 is 0 Å². The Morgan fingerprint density at radius 2 is 1.84 bits per heavy atom. The molecule has 0 heterocycles. The molecule has 1 aliphatic carbocycles. The maximum Gasteiger partial charge on any atom is 0.239 e. The van der Waals surface area contributed by atoms with Crippen molar-refractivity contribution < 1.29 is 4.79 Å². The summed E-state index contributed by atoms with van der Waals surface area (Å²) < 4.78 is 0. The molecule has 1 aromatic carbocycles. The van der Waals surface area contributed by atoms with Crippen molar-refractivity contribution in [1.29, 1.82) is 0 Å². The van der Waals surface area contributed by atoms with Gasteiger partial charge in [-0.25, -0.2) is 0 Å². The Morgan fingerprint density at radius 1 is 1.08 bits per heavy atom. The summed E-state index contributed by atoms with van der Waals surface area (Å²) in [5, 5.41) is 9.29. The van der Waals surface area contributed by atoms with Crippen molar-refractivity contribution in [2.45, 2.75) is 44.9 Å². The lowest BCUT2D eigenvalue weighted by atomic mass is 10.0. The standard InChI is InChI=1S/C20H32N4O/c1-21-20(23-14-7-12-17-10-5-6-11-17)24-16-19(25)22-15-13-18-8-3-2-4-9-18/h2-4,8-9,17H,5-7,10-16H2,1H3,(H,22,25)(H2,21,23,24). The molecule has 5 heteroatoms. The zero-order valence-electron chi connectivity index (χ0n) is 15.4. The first kappa shape index (κ1) is 19.3. The van der Waals surface area contributed by atoms with E-state index in [0.717, 1.165) is 25.3 Å². The van der Waals surface area contributed by atoms with Gasteiger partial charge in [0.15, 0.2) is 5.96 Å². The Bertz CT molecular complexity index is 524. The molecule has 1 fully saturated rings. The van der Waals surface area contributed by atoms with Crippen LogP contribution in [0.5, 0.6) is 0 Å². The van der Waals surface area contributed by atoms with E-state index in [4.69, 9.17) is 0 Å². The highest BCUT2D eigenvalue weighted by molar-refractivity contribution is 5.86. The first-order valence-electron chi connectivity index (χ1n) is 9.53. The van der Waals surface area contributed by atoms with Gasteiger partial charge in [-0.05, 0) is 30.7 Å². The second-order valence-electron chi connectivity index (χ2n) is 6.73. The van der Waals surface area contributed by atoms with E-state index in [-0.39, 0.29) is 12.5 Å². The Labute approximate surface area is 151 Å². The third-order valence-corrected chi connectivity index (χ3v) is 4.78. The predicted molar refractivity (Wildman–Crippen MR) is 104 cm³/mol. The molecule has 0 atom stereocenters. The molecule has 0 bridgehead atoms. The molecule has 0 radical (unpaired) electrons. The van der Waals surface area contributed by atoms with Crippen LogP contribution in [0.4, 0.5) is 0 Å². The summed E-state index contributed by atoms with van der Waals surface area (Å²) in [5.74, 6) is 1.61. The molecular formula is C20H32N4O. The molecule has 5 nitrogen and oxygen atoms in total. The molecule has 1 aliphatic rings. The van der Waals surface area contributed by atoms with E-state index in [1.807, 2.05) is 18.2 Å². The van der Waals surface area contributed by atoms with Gasteiger partial charge in [-0.1, -0.05) is 56.0 Å². The number of carbonyl (C=O) groups is 1. The van der Waals surface area contributed by atoms with Crippen molar-refractivity contribution in [1.82, 2.24) is 16.0 Å². The van der Waals surface area contributed by atoms with E-state index in [1.54, 1.807) is 7.05 Å². The van der Waals surface area contributed by atoms with Crippen LogP contribution in [0.25, 0.3) is 0 Å². The van der Waals surface area contributed by atoms with E-state index >= 15 is 0 Å². The van der Waals surface area contributed by atoms with Crippen molar-refractivity contribution in [3.63, 3.8) is 0 Å². The summed E-state index contributed by atoms with van der Waals surface area (Å²) >= 11 is 0. The van der Waals surface area contributed by atoms with Gasteiger partial charge in [-0.3, -0.25) is 9.79 Å². The fraction of sp³-hybridized carbons (Fsp3) is 0.600. The van der Waals surface area contributed by atoms with Crippen LogP contribution in [0.15, 0.2) is 35.3 Å². The number of carbonyl (C=O) groups excluding carboxylic acids is 1. The van der Waals surface area contributed by atoms with Gasteiger partial charge in [0.1, 0.15) is 0 Å². The van der Waals surface area contributed by atoms with Crippen molar-refractivity contribution >= 4 is 11.9 Å². The van der Waals surface area contributed by atoms with Gasteiger partial charge in [0.2, 0.25) is 5.91 Å². The minimum atomic E-state index is -0.00941. The highest BCUT2D eigenvalue weighted by atomic mass is 16.1. The van der Waals surface area contributed by atoms with Gasteiger partial charge in [-0.2, -0.15) is 0 Å². The van der Waals surface area contributed by atoms with Crippen LogP contribution in [0.3, 0.4) is 0 Å². The molecule has 1 amide bonds. The van der Waals surface area contributed by atoms with Gasteiger partial charge in [0, 0.05) is 20.1 Å². The highest BCUT2D eigenvalue weighted by Crippen LogP contribution is 2.28. The van der Waals surface area contributed by atoms with E-state index in [1.165, 1.54) is 37.7 Å². The zero-order valence-corrected chi connectivity index (χ0v) is 15.4. The third-order valence-electron chi connectivity index (χ3n) is 4.78. The molecule has 3 N–H and O–H groups in total. The summed E-state index contributed by atoms with van der Waals surface area (Å²) in [4.78, 5) is 16.1. The molecule has 0 saturated heterocycles. The molecular weight excluding hydrogens is 312 g/mol. The van der Waals surface area contributed by atoms with E-state index in [2.05, 4.69) is 33.1 Å². The number of amides is 1. The fourth-order valence-corrected chi connectivity index (χ4v) is 3.33. The predicted octanol–water partition coefficient (Wildman–Crippen LogP) is 2.48.